The summed E-state index contributed by atoms with van der Waals surface area (Å²) in [5, 5.41) is 5.16. The van der Waals surface area contributed by atoms with Gasteiger partial charge < -0.3 is 15.5 Å². The van der Waals surface area contributed by atoms with Gasteiger partial charge in [0.1, 0.15) is 18.4 Å². The molecule has 1 atom stereocenters. The second-order valence-corrected chi connectivity index (χ2v) is 10.9. The summed E-state index contributed by atoms with van der Waals surface area (Å²) < 4.78 is 34.9. The van der Waals surface area contributed by atoms with Crippen LogP contribution in [0.1, 0.15) is 23.1 Å². The zero-order valence-electron chi connectivity index (χ0n) is 20.7. The Kier molecular flexibility index (Phi) is 7.39. The van der Waals surface area contributed by atoms with Crippen molar-refractivity contribution in [2.24, 2.45) is 10.9 Å². The zero-order chi connectivity index (χ0) is 26.5. The SMILES string of the molecule is NN=Cc1cccc(CN2CC[C@H](NS(=O)(=O)c3ccc4ccc(OCc5ccccc5)cc4c3)C2=O)c1. The molecule has 1 amide bonds. The molecule has 0 aromatic heterocycles. The third-order valence-corrected chi connectivity index (χ3v) is 7.95. The second-order valence-electron chi connectivity index (χ2n) is 9.19. The molecule has 4 aromatic carbocycles. The third kappa shape index (κ3) is 5.85. The highest BCUT2D eigenvalue weighted by atomic mass is 32.2. The van der Waals surface area contributed by atoms with Gasteiger partial charge in [-0.1, -0.05) is 60.7 Å². The molecule has 3 N–H and O–H groups in total. The Hall–Kier alpha value is -4.21. The van der Waals surface area contributed by atoms with E-state index in [4.69, 9.17) is 10.6 Å². The fourth-order valence-corrected chi connectivity index (χ4v) is 5.80. The summed E-state index contributed by atoms with van der Waals surface area (Å²) in [5.74, 6) is 5.63. The lowest BCUT2D eigenvalue weighted by Crippen LogP contribution is -2.41. The van der Waals surface area contributed by atoms with E-state index in [1.54, 1.807) is 23.1 Å². The van der Waals surface area contributed by atoms with Crippen molar-refractivity contribution >= 4 is 32.9 Å². The summed E-state index contributed by atoms with van der Waals surface area (Å²) >= 11 is 0. The second kappa shape index (κ2) is 11.0. The van der Waals surface area contributed by atoms with E-state index in [9.17, 15) is 13.2 Å². The van der Waals surface area contributed by atoms with Crippen LogP contribution in [0, 0.1) is 0 Å². The molecule has 194 valence electrons. The fraction of sp³-hybridized carbons (Fsp3) is 0.172. The maximum Gasteiger partial charge on any atom is 0.241 e. The molecule has 1 saturated heterocycles. The van der Waals surface area contributed by atoms with Crippen LogP contribution in [0.5, 0.6) is 5.75 Å². The molecule has 0 bridgehead atoms. The third-order valence-electron chi connectivity index (χ3n) is 6.48. The van der Waals surface area contributed by atoms with Crippen LogP contribution in [-0.2, 0) is 28.0 Å². The predicted molar refractivity (Wildman–Crippen MR) is 147 cm³/mol. The Balaban J connectivity index is 1.27. The molecule has 1 aliphatic rings. The van der Waals surface area contributed by atoms with Gasteiger partial charge in [0.25, 0.3) is 0 Å². The van der Waals surface area contributed by atoms with Gasteiger partial charge in [0, 0.05) is 13.1 Å². The van der Waals surface area contributed by atoms with Gasteiger partial charge in [-0.25, -0.2) is 8.42 Å². The van der Waals surface area contributed by atoms with Crippen LogP contribution in [0.2, 0.25) is 0 Å². The first-order valence-electron chi connectivity index (χ1n) is 12.3. The van der Waals surface area contributed by atoms with Crippen molar-refractivity contribution < 1.29 is 17.9 Å². The summed E-state index contributed by atoms with van der Waals surface area (Å²) in [6.45, 7) is 1.25. The number of ether oxygens (including phenoxy) is 1. The fourth-order valence-electron chi connectivity index (χ4n) is 4.54. The van der Waals surface area contributed by atoms with E-state index >= 15 is 0 Å². The van der Waals surface area contributed by atoms with Crippen LogP contribution in [-0.4, -0.2) is 38.0 Å². The lowest BCUT2D eigenvalue weighted by molar-refractivity contribution is -0.129. The van der Waals surface area contributed by atoms with Crippen molar-refractivity contribution in [2.75, 3.05) is 6.54 Å². The summed E-state index contributed by atoms with van der Waals surface area (Å²) in [6, 6.07) is 27.0. The van der Waals surface area contributed by atoms with Gasteiger partial charge in [-0.05, 0) is 64.2 Å². The highest BCUT2D eigenvalue weighted by Crippen LogP contribution is 2.25. The first kappa shape index (κ1) is 25.4. The van der Waals surface area contributed by atoms with Crippen molar-refractivity contribution in [2.45, 2.75) is 30.5 Å². The molecular weight excluding hydrogens is 500 g/mol. The van der Waals surface area contributed by atoms with Crippen molar-refractivity contribution in [1.29, 1.82) is 0 Å². The molecule has 8 nitrogen and oxygen atoms in total. The van der Waals surface area contributed by atoms with Gasteiger partial charge in [-0.15, -0.1) is 0 Å². The minimum atomic E-state index is -3.92. The number of hydrogen-bond donors (Lipinski definition) is 2. The maximum atomic E-state index is 13.2. The van der Waals surface area contributed by atoms with Crippen molar-refractivity contribution in [3.05, 3.63) is 108 Å². The molecule has 4 aromatic rings. The Morgan fingerprint density at radius 1 is 0.947 bits per heavy atom. The van der Waals surface area contributed by atoms with E-state index in [-0.39, 0.29) is 10.8 Å². The highest BCUT2D eigenvalue weighted by molar-refractivity contribution is 7.89. The number of nitrogens with one attached hydrogen (secondary N) is 1. The lowest BCUT2D eigenvalue weighted by atomic mass is 10.1. The number of nitrogens with two attached hydrogens (primary N) is 1. The average molecular weight is 529 g/mol. The number of rotatable bonds is 9. The number of hydrogen-bond acceptors (Lipinski definition) is 6. The van der Waals surface area contributed by atoms with Crippen molar-refractivity contribution in [3.63, 3.8) is 0 Å². The average Bonchev–Trinajstić information content (AvgIpc) is 3.25. The van der Waals surface area contributed by atoms with Crippen molar-refractivity contribution in [3.8, 4) is 5.75 Å². The topological polar surface area (TPSA) is 114 Å². The minimum absolute atomic E-state index is 0.102. The molecule has 0 saturated carbocycles. The van der Waals surface area contributed by atoms with E-state index in [1.165, 1.54) is 6.21 Å². The van der Waals surface area contributed by atoms with E-state index in [1.807, 2.05) is 72.8 Å². The molecule has 0 radical (unpaired) electrons. The zero-order valence-corrected chi connectivity index (χ0v) is 21.5. The predicted octanol–water partition coefficient (Wildman–Crippen LogP) is 3.79. The Morgan fingerprint density at radius 3 is 2.55 bits per heavy atom. The van der Waals surface area contributed by atoms with E-state index in [0.717, 1.165) is 27.5 Å². The van der Waals surface area contributed by atoms with Crippen molar-refractivity contribution in [1.82, 2.24) is 9.62 Å². The number of carbonyl (C=O) groups is 1. The number of likely N-dealkylation sites (tertiary alicyclic amines) is 1. The summed E-state index contributed by atoms with van der Waals surface area (Å²) in [5.41, 5.74) is 2.79. The monoisotopic (exact) mass is 528 g/mol. The number of carbonyl (C=O) groups excluding carboxylic acids is 1. The van der Waals surface area contributed by atoms with Crippen LogP contribution in [0.15, 0.2) is 101 Å². The molecule has 1 aliphatic heterocycles. The molecule has 0 spiro atoms. The quantitative estimate of drug-likeness (QED) is 0.195. The van der Waals surface area contributed by atoms with Crippen LogP contribution in [0.3, 0.4) is 0 Å². The number of amides is 1. The smallest absolute Gasteiger partial charge is 0.241 e. The van der Waals surface area contributed by atoms with Gasteiger partial charge in [0.2, 0.25) is 15.9 Å². The molecule has 38 heavy (non-hydrogen) atoms. The van der Waals surface area contributed by atoms with E-state index < -0.39 is 16.1 Å². The van der Waals surface area contributed by atoms with Gasteiger partial charge >= 0.3 is 0 Å². The Morgan fingerprint density at radius 2 is 1.74 bits per heavy atom. The van der Waals surface area contributed by atoms with Crippen LogP contribution < -0.4 is 15.3 Å². The number of sulfonamides is 1. The summed E-state index contributed by atoms with van der Waals surface area (Å²) in [4.78, 5) is 14.8. The summed E-state index contributed by atoms with van der Waals surface area (Å²) in [6.07, 6.45) is 1.93. The number of hydrazone groups is 1. The molecule has 0 unspecified atom stereocenters. The Bertz CT molecular complexity index is 1590. The van der Waals surface area contributed by atoms with Crippen LogP contribution >= 0.6 is 0 Å². The highest BCUT2D eigenvalue weighted by Gasteiger charge is 2.35. The minimum Gasteiger partial charge on any atom is -0.489 e. The van der Waals surface area contributed by atoms with Gasteiger partial charge in [-0.3, -0.25) is 4.79 Å². The maximum absolute atomic E-state index is 13.2. The first-order chi connectivity index (χ1) is 18.4. The molecule has 1 fully saturated rings. The summed E-state index contributed by atoms with van der Waals surface area (Å²) in [7, 11) is -3.92. The number of benzene rings is 4. The first-order valence-corrected chi connectivity index (χ1v) is 13.7. The normalized spacial score (nSPS) is 15.9. The molecule has 1 heterocycles. The lowest BCUT2D eigenvalue weighted by Gasteiger charge is -2.18. The number of fused-ring (bicyclic) bond motifs is 1. The molecular formula is C29H28N4O4S. The molecule has 5 rings (SSSR count). The van der Waals surface area contributed by atoms with Crippen LogP contribution in [0.25, 0.3) is 10.8 Å². The van der Waals surface area contributed by atoms with Gasteiger partial charge in [0.05, 0.1) is 11.1 Å². The van der Waals surface area contributed by atoms with Gasteiger partial charge in [0.15, 0.2) is 0 Å². The van der Waals surface area contributed by atoms with Crippen LogP contribution in [0.4, 0.5) is 0 Å². The number of nitrogens with zero attached hydrogens (tertiary/aromatic N) is 2. The Labute approximate surface area is 221 Å². The van der Waals surface area contributed by atoms with E-state index in [2.05, 4.69) is 9.82 Å². The van der Waals surface area contributed by atoms with E-state index in [0.29, 0.717) is 31.9 Å². The largest absolute Gasteiger partial charge is 0.489 e. The molecule has 0 aliphatic carbocycles. The molecule has 9 heteroatoms. The standard InChI is InChI=1S/C29H28N4O4S/c30-31-18-22-7-4-8-23(15-22)19-33-14-13-28(29(33)34)32-38(35,36)27-12-10-24-9-11-26(16-25(24)17-27)37-20-21-5-2-1-3-6-21/h1-12,15-18,28,32H,13-14,19-20,30H2/t28-/m0/s1. The van der Waals surface area contributed by atoms with Gasteiger partial charge in [-0.2, -0.15) is 9.82 Å².